The molecule has 2 N–H and O–H groups in total. The van der Waals surface area contributed by atoms with Crippen LogP contribution in [-0.2, 0) is 6.42 Å². The predicted octanol–water partition coefficient (Wildman–Crippen LogP) is 2.22. The Morgan fingerprint density at radius 2 is 2.20 bits per heavy atom. The summed E-state index contributed by atoms with van der Waals surface area (Å²) in [5, 5.41) is 0. The van der Waals surface area contributed by atoms with Crippen LogP contribution in [0.3, 0.4) is 0 Å². The molecule has 0 radical (unpaired) electrons. The highest BCUT2D eigenvalue weighted by molar-refractivity contribution is 5.46. The maximum Gasteiger partial charge on any atom is 0.126 e. The Kier molecular flexibility index (Phi) is 2.17. The number of hydrogen-bond donors (Lipinski definition) is 1. The Morgan fingerprint density at radius 3 is 2.93 bits per heavy atom. The molecule has 1 fully saturated rings. The van der Waals surface area contributed by atoms with Crippen molar-refractivity contribution in [2.24, 2.45) is 5.73 Å². The predicted molar refractivity (Wildman–Crippen MR) is 60.2 cm³/mol. The quantitative estimate of drug-likeness (QED) is 0.759. The highest BCUT2D eigenvalue weighted by Crippen LogP contribution is 2.42. The zero-order chi connectivity index (χ0) is 10.3. The topological polar surface area (TPSA) is 35.2 Å². The third-order valence-electron chi connectivity index (χ3n) is 3.69. The zero-order valence-electron chi connectivity index (χ0n) is 8.91. The van der Waals surface area contributed by atoms with E-state index in [1.807, 2.05) is 0 Å². The molecule has 1 saturated carbocycles. The number of nitrogens with two attached hydrogens (primary N) is 1. The van der Waals surface area contributed by atoms with Crippen molar-refractivity contribution in [2.45, 2.75) is 37.6 Å². The van der Waals surface area contributed by atoms with Gasteiger partial charge in [0.25, 0.3) is 0 Å². The highest BCUT2D eigenvalue weighted by atomic mass is 16.5. The van der Waals surface area contributed by atoms with E-state index >= 15 is 0 Å². The molecule has 80 valence electrons. The van der Waals surface area contributed by atoms with Crippen LogP contribution >= 0.6 is 0 Å². The van der Waals surface area contributed by atoms with E-state index in [-0.39, 0.29) is 0 Å². The van der Waals surface area contributed by atoms with Crippen LogP contribution in [0.5, 0.6) is 5.75 Å². The third-order valence-corrected chi connectivity index (χ3v) is 3.69. The summed E-state index contributed by atoms with van der Waals surface area (Å²) in [4.78, 5) is 0. The monoisotopic (exact) mass is 203 g/mol. The molecule has 2 unspecified atom stereocenters. The Hall–Kier alpha value is -1.02. The van der Waals surface area contributed by atoms with E-state index in [0.717, 1.165) is 31.6 Å². The van der Waals surface area contributed by atoms with Gasteiger partial charge in [0.2, 0.25) is 0 Å². The standard InChI is InChI=1S/C13H17NO/c14-12-7-6-10(12)11-5-1-3-9-4-2-8-15-13(9)11/h1,3,5,10,12H,2,4,6-8,14H2. The molecule has 2 atom stereocenters. The van der Waals surface area contributed by atoms with Crippen molar-refractivity contribution in [3.63, 3.8) is 0 Å². The maximum atomic E-state index is 6.03. The van der Waals surface area contributed by atoms with Gasteiger partial charge in [-0.05, 0) is 36.8 Å². The van der Waals surface area contributed by atoms with Gasteiger partial charge in [0, 0.05) is 12.0 Å². The maximum absolute atomic E-state index is 6.03. The molecular weight excluding hydrogens is 186 g/mol. The van der Waals surface area contributed by atoms with E-state index in [1.54, 1.807) is 0 Å². The molecule has 2 heteroatoms. The number of fused-ring (bicyclic) bond motifs is 1. The molecule has 1 aromatic rings. The number of rotatable bonds is 1. The summed E-state index contributed by atoms with van der Waals surface area (Å²) < 4.78 is 5.80. The van der Waals surface area contributed by atoms with Gasteiger partial charge in [-0.2, -0.15) is 0 Å². The number of para-hydroxylation sites is 1. The molecule has 1 aromatic carbocycles. The molecule has 1 aliphatic carbocycles. The summed E-state index contributed by atoms with van der Waals surface area (Å²) in [5.41, 5.74) is 8.76. The van der Waals surface area contributed by atoms with Crippen LogP contribution in [0, 0.1) is 0 Å². The lowest BCUT2D eigenvalue weighted by Crippen LogP contribution is -2.37. The van der Waals surface area contributed by atoms with Crippen LogP contribution < -0.4 is 10.5 Å². The largest absolute Gasteiger partial charge is 0.493 e. The van der Waals surface area contributed by atoms with Gasteiger partial charge < -0.3 is 10.5 Å². The first-order valence-electron chi connectivity index (χ1n) is 5.86. The van der Waals surface area contributed by atoms with E-state index in [0.29, 0.717) is 12.0 Å². The number of ether oxygens (including phenoxy) is 1. The van der Waals surface area contributed by atoms with Gasteiger partial charge in [0.1, 0.15) is 5.75 Å². The third kappa shape index (κ3) is 1.44. The van der Waals surface area contributed by atoms with Gasteiger partial charge in [-0.1, -0.05) is 18.2 Å². The summed E-state index contributed by atoms with van der Waals surface area (Å²) in [6.07, 6.45) is 4.69. The van der Waals surface area contributed by atoms with E-state index in [4.69, 9.17) is 10.5 Å². The molecule has 15 heavy (non-hydrogen) atoms. The Morgan fingerprint density at radius 1 is 1.27 bits per heavy atom. The SMILES string of the molecule is NC1CCC1c1cccc2c1OCCC2. The fourth-order valence-electron chi connectivity index (χ4n) is 2.62. The second-order valence-electron chi connectivity index (χ2n) is 4.64. The van der Waals surface area contributed by atoms with Crippen molar-refractivity contribution in [2.75, 3.05) is 6.61 Å². The fourth-order valence-corrected chi connectivity index (χ4v) is 2.62. The number of benzene rings is 1. The molecule has 0 spiro atoms. The van der Waals surface area contributed by atoms with Gasteiger partial charge in [-0.25, -0.2) is 0 Å². The Balaban J connectivity index is 2.00. The zero-order valence-corrected chi connectivity index (χ0v) is 8.91. The number of hydrogen-bond acceptors (Lipinski definition) is 2. The van der Waals surface area contributed by atoms with Crippen molar-refractivity contribution in [3.05, 3.63) is 29.3 Å². The van der Waals surface area contributed by atoms with Gasteiger partial charge in [0.15, 0.2) is 0 Å². The van der Waals surface area contributed by atoms with Crippen LogP contribution in [0.2, 0.25) is 0 Å². The Labute approximate surface area is 90.4 Å². The van der Waals surface area contributed by atoms with Gasteiger partial charge in [-0.15, -0.1) is 0 Å². The summed E-state index contributed by atoms with van der Waals surface area (Å²) in [5.74, 6) is 1.68. The summed E-state index contributed by atoms with van der Waals surface area (Å²) in [6.45, 7) is 0.867. The second-order valence-corrected chi connectivity index (χ2v) is 4.64. The fraction of sp³-hybridized carbons (Fsp3) is 0.538. The Bertz CT molecular complexity index is 375. The summed E-state index contributed by atoms with van der Waals surface area (Å²) in [6, 6.07) is 6.87. The molecule has 0 saturated heterocycles. The normalized spacial score (nSPS) is 28.9. The molecule has 0 aromatic heterocycles. The minimum Gasteiger partial charge on any atom is -0.493 e. The average molecular weight is 203 g/mol. The van der Waals surface area contributed by atoms with Crippen LogP contribution in [-0.4, -0.2) is 12.6 Å². The van der Waals surface area contributed by atoms with Crippen molar-refractivity contribution in [1.29, 1.82) is 0 Å². The lowest BCUT2D eigenvalue weighted by Gasteiger charge is -2.36. The van der Waals surface area contributed by atoms with Crippen molar-refractivity contribution < 1.29 is 4.74 Å². The van der Waals surface area contributed by atoms with E-state index in [9.17, 15) is 0 Å². The average Bonchev–Trinajstić information content (AvgIpc) is 2.28. The molecule has 1 aliphatic heterocycles. The lowest BCUT2D eigenvalue weighted by molar-refractivity contribution is 0.270. The van der Waals surface area contributed by atoms with Crippen LogP contribution in [0.1, 0.15) is 36.3 Å². The summed E-state index contributed by atoms with van der Waals surface area (Å²) >= 11 is 0. The van der Waals surface area contributed by atoms with Crippen LogP contribution in [0.4, 0.5) is 0 Å². The van der Waals surface area contributed by atoms with Gasteiger partial charge >= 0.3 is 0 Å². The first kappa shape index (κ1) is 9.22. The van der Waals surface area contributed by atoms with Crippen molar-refractivity contribution >= 4 is 0 Å². The van der Waals surface area contributed by atoms with Crippen molar-refractivity contribution in [3.8, 4) is 5.75 Å². The smallest absolute Gasteiger partial charge is 0.126 e. The number of aryl methyl sites for hydroxylation is 1. The molecular formula is C13H17NO. The first-order chi connectivity index (χ1) is 7.36. The summed E-state index contributed by atoms with van der Waals surface area (Å²) in [7, 11) is 0. The lowest BCUT2D eigenvalue weighted by atomic mass is 9.74. The molecule has 0 bridgehead atoms. The molecule has 2 nitrogen and oxygen atoms in total. The molecule has 3 rings (SSSR count). The van der Waals surface area contributed by atoms with Gasteiger partial charge in [0.05, 0.1) is 6.61 Å². The molecule has 2 aliphatic rings. The second kappa shape index (κ2) is 3.53. The molecule has 0 amide bonds. The minimum atomic E-state index is 0.349. The molecule has 1 heterocycles. The first-order valence-corrected chi connectivity index (χ1v) is 5.86. The van der Waals surface area contributed by atoms with Crippen LogP contribution in [0.25, 0.3) is 0 Å². The van der Waals surface area contributed by atoms with E-state index < -0.39 is 0 Å². The van der Waals surface area contributed by atoms with Gasteiger partial charge in [-0.3, -0.25) is 0 Å². The van der Waals surface area contributed by atoms with E-state index in [2.05, 4.69) is 18.2 Å². The van der Waals surface area contributed by atoms with Crippen molar-refractivity contribution in [1.82, 2.24) is 0 Å². The van der Waals surface area contributed by atoms with Crippen LogP contribution in [0.15, 0.2) is 18.2 Å². The minimum absolute atomic E-state index is 0.349. The van der Waals surface area contributed by atoms with E-state index in [1.165, 1.54) is 17.5 Å². The highest BCUT2D eigenvalue weighted by Gasteiger charge is 2.32.